The molecule has 0 saturated heterocycles. The maximum Gasteiger partial charge on any atom is 0.126 e. The molecular formula is C25H31NO2. The molecule has 3 nitrogen and oxygen atoms in total. The number of ether oxygens (including phenoxy) is 2. The highest BCUT2D eigenvalue weighted by atomic mass is 16.5. The molecular weight excluding hydrogens is 346 g/mol. The minimum absolute atomic E-state index is 0.0519. The lowest BCUT2D eigenvalue weighted by Crippen LogP contribution is -2.34. The molecule has 0 bridgehead atoms. The Kier molecular flexibility index (Phi) is 6.25. The van der Waals surface area contributed by atoms with E-state index >= 15 is 0 Å². The summed E-state index contributed by atoms with van der Waals surface area (Å²) >= 11 is 0. The molecule has 1 N–H and O–H groups in total. The van der Waals surface area contributed by atoms with E-state index in [1.54, 1.807) is 7.11 Å². The Bertz CT molecular complexity index is 867. The molecule has 1 unspecified atom stereocenters. The fraction of sp³-hybridized carbons (Fsp3) is 0.360. The first-order valence-corrected chi connectivity index (χ1v) is 10.0. The highest BCUT2D eigenvalue weighted by Gasteiger charge is 2.30. The van der Waals surface area contributed by atoms with E-state index in [1.165, 1.54) is 11.1 Å². The van der Waals surface area contributed by atoms with Crippen LogP contribution < -0.4 is 10.1 Å². The number of benzene rings is 2. The Morgan fingerprint density at radius 1 is 1.07 bits per heavy atom. The van der Waals surface area contributed by atoms with Gasteiger partial charge in [-0.05, 0) is 31.9 Å². The SMILES string of the molecule is C=CCOC(CCC)C1=CC(C)(C)Nc2c1cccc2-c1ccccc1OC. The molecule has 2 aromatic rings. The number of rotatable bonds is 8. The first kappa shape index (κ1) is 20.2. The van der Waals surface area contributed by atoms with Crippen LogP contribution in [0.3, 0.4) is 0 Å². The monoisotopic (exact) mass is 377 g/mol. The minimum atomic E-state index is -0.177. The van der Waals surface area contributed by atoms with E-state index < -0.39 is 0 Å². The predicted octanol–water partition coefficient (Wildman–Crippen LogP) is 6.32. The molecule has 28 heavy (non-hydrogen) atoms. The van der Waals surface area contributed by atoms with Gasteiger partial charge in [-0.25, -0.2) is 0 Å². The lowest BCUT2D eigenvalue weighted by molar-refractivity contribution is 0.109. The summed E-state index contributed by atoms with van der Waals surface area (Å²) in [6.45, 7) is 11.0. The zero-order valence-electron chi connectivity index (χ0n) is 17.4. The molecule has 0 saturated carbocycles. The summed E-state index contributed by atoms with van der Waals surface area (Å²) in [6.07, 6.45) is 6.23. The van der Waals surface area contributed by atoms with E-state index in [0.29, 0.717) is 6.61 Å². The van der Waals surface area contributed by atoms with Crippen molar-refractivity contribution >= 4 is 11.3 Å². The van der Waals surface area contributed by atoms with Crippen LogP contribution in [0.2, 0.25) is 0 Å². The van der Waals surface area contributed by atoms with Crippen molar-refractivity contribution < 1.29 is 9.47 Å². The largest absolute Gasteiger partial charge is 0.496 e. The highest BCUT2D eigenvalue weighted by molar-refractivity contribution is 5.93. The third-order valence-electron chi connectivity index (χ3n) is 5.05. The van der Waals surface area contributed by atoms with Gasteiger partial charge in [0.25, 0.3) is 0 Å². The van der Waals surface area contributed by atoms with Crippen LogP contribution in [0.1, 0.15) is 39.2 Å². The quantitative estimate of drug-likeness (QED) is 0.546. The summed E-state index contributed by atoms with van der Waals surface area (Å²) in [5.41, 5.74) is 5.64. The smallest absolute Gasteiger partial charge is 0.126 e. The topological polar surface area (TPSA) is 30.5 Å². The van der Waals surface area contributed by atoms with Crippen LogP contribution in [0.25, 0.3) is 16.7 Å². The molecule has 0 spiro atoms. The predicted molar refractivity (Wildman–Crippen MR) is 119 cm³/mol. The van der Waals surface area contributed by atoms with Gasteiger partial charge in [-0.2, -0.15) is 0 Å². The molecule has 0 aromatic heterocycles. The van der Waals surface area contributed by atoms with Gasteiger partial charge in [-0.3, -0.25) is 0 Å². The van der Waals surface area contributed by atoms with Crippen molar-refractivity contribution in [1.29, 1.82) is 0 Å². The second-order valence-corrected chi connectivity index (χ2v) is 7.77. The van der Waals surface area contributed by atoms with E-state index in [9.17, 15) is 0 Å². The molecule has 148 valence electrons. The number of para-hydroxylation sites is 2. The number of hydrogen-bond acceptors (Lipinski definition) is 3. The highest BCUT2D eigenvalue weighted by Crippen LogP contribution is 2.44. The Labute approximate surface area is 169 Å². The summed E-state index contributed by atoms with van der Waals surface area (Å²) in [4.78, 5) is 0. The molecule has 3 heteroatoms. The molecule has 0 radical (unpaired) electrons. The lowest BCUT2D eigenvalue weighted by Gasteiger charge is -2.36. The summed E-state index contributed by atoms with van der Waals surface area (Å²) in [5.74, 6) is 0.875. The van der Waals surface area contributed by atoms with Crippen LogP contribution in [0.4, 0.5) is 5.69 Å². The van der Waals surface area contributed by atoms with E-state index in [4.69, 9.17) is 9.47 Å². The normalized spacial score (nSPS) is 15.8. The van der Waals surface area contributed by atoms with Crippen LogP contribution in [0.15, 0.2) is 61.2 Å². The Balaban J connectivity index is 2.15. The van der Waals surface area contributed by atoms with Crippen molar-refractivity contribution in [3.63, 3.8) is 0 Å². The third kappa shape index (κ3) is 4.15. The van der Waals surface area contributed by atoms with Crippen molar-refractivity contribution in [3.05, 3.63) is 66.8 Å². The lowest BCUT2D eigenvalue weighted by atomic mass is 9.84. The van der Waals surface area contributed by atoms with Gasteiger partial charge >= 0.3 is 0 Å². The number of methoxy groups -OCH3 is 1. The maximum atomic E-state index is 6.17. The summed E-state index contributed by atoms with van der Waals surface area (Å²) in [6, 6.07) is 14.6. The van der Waals surface area contributed by atoms with E-state index in [1.807, 2.05) is 18.2 Å². The number of hydrogen-bond donors (Lipinski definition) is 1. The fourth-order valence-corrected chi connectivity index (χ4v) is 3.89. The second kappa shape index (κ2) is 8.66. The first-order valence-electron chi connectivity index (χ1n) is 10.0. The molecule has 1 atom stereocenters. The van der Waals surface area contributed by atoms with Crippen LogP contribution in [0.5, 0.6) is 5.75 Å². The summed E-state index contributed by atoms with van der Waals surface area (Å²) in [5, 5.41) is 3.73. The average molecular weight is 378 g/mol. The van der Waals surface area contributed by atoms with Crippen molar-refractivity contribution in [3.8, 4) is 16.9 Å². The van der Waals surface area contributed by atoms with E-state index in [0.717, 1.165) is 35.4 Å². The Hall–Kier alpha value is -2.52. The maximum absolute atomic E-state index is 6.17. The van der Waals surface area contributed by atoms with Crippen molar-refractivity contribution in [1.82, 2.24) is 0 Å². The van der Waals surface area contributed by atoms with E-state index in [-0.39, 0.29) is 11.6 Å². The zero-order chi connectivity index (χ0) is 20.1. The van der Waals surface area contributed by atoms with Gasteiger partial charge in [-0.15, -0.1) is 6.58 Å². The molecule has 2 aromatic carbocycles. The first-order chi connectivity index (χ1) is 13.5. The Morgan fingerprint density at radius 2 is 1.79 bits per heavy atom. The zero-order valence-corrected chi connectivity index (χ0v) is 17.4. The second-order valence-electron chi connectivity index (χ2n) is 7.77. The van der Waals surface area contributed by atoms with Gasteiger partial charge in [0, 0.05) is 16.7 Å². The summed E-state index contributed by atoms with van der Waals surface area (Å²) < 4.78 is 11.8. The van der Waals surface area contributed by atoms with Crippen LogP contribution in [0, 0.1) is 0 Å². The molecule has 1 aliphatic heterocycles. The van der Waals surface area contributed by atoms with Crippen molar-refractivity contribution in [2.45, 2.75) is 45.3 Å². The van der Waals surface area contributed by atoms with Gasteiger partial charge in [0.15, 0.2) is 0 Å². The van der Waals surface area contributed by atoms with Crippen LogP contribution >= 0.6 is 0 Å². The molecule has 0 fully saturated rings. The molecule has 3 rings (SSSR count). The van der Waals surface area contributed by atoms with E-state index in [2.05, 4.69) is 69.1 Å². The van der Waals surface area contributed by atoms with Crippen molar-refractivity contribution in [2.75, 3.05) is 19.0 Å². The standard InChI is InChI=1S/C25H31NO2/c1-6-11-23(28-16-7-2)21-17-25(3,4)26-24-19(13-10-14-20(21)24)18-12-8-9-15-22(18)27-5/h7-10,12-15,17,23,26H,2,6,11,16H2,1,3-5H3. The Morgan fingerprint density at radius 3 is 2.50 bits per heavy atom. The fourth-order valence-electron chi connectivity index (χ4n) is 3.89. The number of nitrogens with one attached hydrogen (secondary N) is 1. The van der Waals surface area contributed by atoms with Crippen LogP contribution in [-0.4, -0.2) is 25.4 Å². The van der Waals surface area contributed by atoms with Gasteiger partial charge in [0.2, 0.25) is 0 Å². The van der Waals surface area contributed by atoms with Crippen LogP contribution in [-0.2, 0) is 4.74 Å². The van der Waals surface area contributed by atoms with Gasteiger partial charge < -0.3 is 14.8 Å². The molecule has 0 amide bonds. The molecule has 1 heterocycles. The van der Waals surface area contributed by atoms with Gasteiger partial charge in [0.1, 0.15) is 5.75 Å². The average Bonchev–Trinajstić information content (AvgIpc) is 2.69. The number of anilines is 1. The third-order valence-corrected chi connectivity index (χ3v) is 5.05. The number of fused-ring (bicyclic) bond motifs is 1. The van der Waals surface area contributed by atoms with Gasteiger partial charge in [-0.1, -0.05) is 61.9 Å². The van der Waals surface area contributed by atoms with Gasteiger partial charge in [0.05, 0.1) is 31.0 Å². The molecule has 1 aliphatic rings. The summed E-state index contributed by atoms with van der Waals surface area (Å²) in [7, 11) is 1.72. The minimum Gasteiger partial charge on any atom is -0.496 e. The van der Waals surface area contributed by atoms with Crippen molar-refractivity contribution in [2.24, 2.45) is 0 Å². The molecule has 0 aliphatic carbocycles.